The molecule has 0 bridgehead atoms. The topological polar surface area (TPSA) is 95.7 Å². The number of carbonyl (C=O) groups is 1. The number of amides is 1. The number of aliphatic hydroxyl groups excluding tert-OH is 1. The fourth-order valence-corrected chi connectivity index (χ4v) is 4.46. The minimum atomic E-state index is -4.52. The van der Waals surface area contributed by atoms with E-state index in [0.717, 1.165) is 5.39 Å². The number of pyridine rings is 2. The quantitative estimate of drug-likeness (QED) is 0.428. The van der Waals surface area contributed by atoms with E-state index in [0.29, 0.717) is 34.8 Å². The molecule has 2 unspecified atom stereocenters. The largest absolute Gasteiger partial charge is 0.408 e. The highest BCUT2D eigenvalue weighted by atomic mass is 19.4. The maximum atomic E-state index is 14.1. The van der Waals surface area contributed by atoms with Crippen LogP contribution in [0.1, 0.15) is 31.9 Å². The van der Waals surface area contributed by atoms with Gasteiger partial charge in [-0.3, -0.25) is 14.1 Å². The van der Waals surface area contributed by atoms with Crippen molar-refractivity contribution in [2.75, 3.05) is 18.4 Å². The number of rotatable bonds is 5. The fourth-order valence-electron chi connectivity index (χ4n) is 4.46. The molecular weight excluding hydrogens is 473 g/mol. The monoisotopic (exact) mass is 498 g/mol. The number of nitrogens with one attached hydrogen (secondary N) is 1. The lowest BCUT2D eigenvalue weighted by Crippen LogP contribution is -2.37. The average Bonchev–Trinajstić information content (AvgIpc) is 3.43. The summed E-state index contributed by atoms with van der Waals surface area (Å²) in [6.45, 7) is 3.71. The van der Waals surface area contributed by atoms with Crippen LogP contribution >= 0.6 is 0 Å². The molecule has 36 heavy (non-hydrogen) atoms. The Labute approximate surface area is 204 Å². The van der Waals surface area contributed by atoms with E-state index in [1.54, 1.807) is 32.0 Å². The summed E-state index contributed by atoms with van der Waals surface area (Å²) in [6, 6.07) is 9.97. The van der Waals surface area contributed by atoms with Crippen LogP contribution in [0.4, 0.5) is 18.9 Å². The second-order valence-electron chi connectivity index (χ2n) is 9.34. The number of halogens is 3. The normalized spacial score (nSPS) is 17.8. The number of likely N-dealkylation sites (tertiary alicyclic amines) is 1. The van der Waals surface area contributed by atoms with Crippen molar-refractivity contribution in [3.8, 4) is 11.5 Å². The van der Waals surface area contributed by atoms with Crippen LogP contribution in [0.2, 0.25) is 0 Å². The third-order valence-corrected chi connectivity index (χ3v) is 6.32. The lowest BCUT2D eigenvalue weighted by atomic mass is 10.1. The van der Waals surface area contributed by atoms with Crippen molar-refractivity contribution < 1.29 is 23.1 Å². The van der Waals surface area contributed by atoms with Gasteiger partial charge in [0.1, 0.15) is 11.7 Å². The molecule has 4 heterocycles. The summed E-state index contributed by atoms with van der Waals surface area (Å²) in [5, 5.41) is 21.8. The summed E-state index contributed by atoms with van der Waals surface area (Å²) < 4.78 is 43.7. The molecule has 1 aliphatic heterocycles. The van der Waals surface area contributed by atoms with E-state index >= 15 is 0 Å². The highest BCUT2D eigenvalue weighted by molar-refractivity contribution is 5.94. The predicted octanol–water partition coefficient (Wildman–Crippen LogP) is 4.21. The molecule has 1 fully saturated rings. The Morgan fingerprint density at radius 3 is 2.61 bits per heavy atom. The summed E-state index contributed by atoms with van der Waals surface area (Å²) in [6.07, 6.45) is -3.61. The number of anilines is 1. The van der Waals surface area contributed by atoms with Crippen LogP contribution in [0.3, 0.4) is 0 Å². The van der Waals surface area contributed by atoms with E-state index in [1.807, 2.05) is 12.1 Å². The maximum absolute atomic E-state index is 14.1. The van der Waals surface area contributed by atoms with Gasteiger partial charge < -0.3 is 10.4 Å². The first-order valence-corrected chi connectivity index (χ1v) is 11.7. The number of nitrogens with zero attached hydrogens (tertiary/aromatic N) is 5. The van der Waals surface area contributed by atoms with Gasteiger partial charge in [-0.25, -0.2) is 4.98 Å². The molecule has 1 aliphatic rings. The summed E-state index contributed by atoms with van der Waals surface area (Å²) in [5.41, 5.74) is 2.04. The minimum Gasteiger partial charge on any atom is -0.392 e. The minimum absolute atomic E-state index is 0.0321. The van der Waals surface area contributed by atoms with Gasteiger partial charge in [-0.2, -0.15) is 13.2 Å². The van der Waals surface area contributed by atoms with Crippen molar-refractivity contribution in [1.29, 1.82) is 0 Å². The molecule has 3 aromatic heterocycles. The van der Waals surface area contributed by atoms with Gasteiger partial charge in [0, 0.05) is 36.3 Å². The van der Waals surface area contributed by atoms with E-state index in [9.17, 15) is 23.1 Å². The Hall–Kier alpha value is -3.57. The van der Waals surface area contributed by atoms with Crippen LogP contribution in [-0.2, 0) is 4.79 Å². The van der Waals surface area contributed by atoms with Crippen LogP contribution in [-0.4, -0.2) is 60.9 Å². The maximum Gasteiger partial charge on any atom is 0.408 e. The van der Waals surface area contributed by atoms with Crippen LogP contribution in [0.5, 0.6) is 0 Å². The molecule has 0 spiro atoms. The van der Waals surface area contributed by atoms with E-state index in [2.05, 4.69) is 20.5 Å². The van der Waals surface area contributed by atoms with Gasteiger partial charge in [0.15, 0.2) is 11.5 Å². The Bertz CT molecular complexity index is 1430. The van der Waals surface area contributed by atoms with Crippen molar-refractivity contribution in [3.63, 3.8) is 0 Å². The molecule has 2 N–H and O–H groups in total. The van der Waals surface area contributed by atoms with E-state index in [4.69, 9.17) is 0 Å². The van der Waals surface area contributed by atoms with E-state index in [-0.39, 0.29) is 30.5 Å². The second-order valence-corrected chi connectivity index (χ2v) is 9.34. The van der Waals surface area contributed by atoms with Gasteiger partial charge in [0.2, 0.25) is 5.91 Å². The Morgan fingerprint density at radius 2 is 1.92 bits per heavy atom. The molecule has 0 aliphatic carbocycles. The van der Waals surface area contributed by atoms with Gasteiger partial charge in [0.05, 0.1) is 11.6 Å². The second kappa shape index (κ2) is 9.14. The summed E-state index contributed by atoms with van der Waals surface area (Å²) in [7, 11) is 0. The standard InChI is InChI=1S/C25H25F3N6O2/c1-14(2)24(36)29-17-6-3-15-4-7-19(30-20(15)11-17)23-32-31-21-8-5-16(12-34(21)23)22(25(26,27)28)33-10-9-18(35)13-33/h3-8,11-12,14,18,22,35H,9-10,13H2,1-2H3,(H,29,36). The molecular formula is C25H25F3N6O2. The van der Waals surface area contributed by atoms with Gasteiger partial charge in [-0.05, 0) is 36.2 Å². The first-order valence-electron chi connectivity index (χ1n) is 11.7. The lowest BCUT2D eigenvalue weighted by Gasteiger charge is -2.29. The number of carbonyl (C=O) groups excluding carboxylic acids is 1. The number of fused-ring (bicyclic) bond motifs is 2. The fraction of sp³-hybridized carbons (Fsp3) is 0.360. The van der Waals surface area contributed by atoms with Crippen molar-refractivity contribution >= 4 is 28.1 Å². The molecule has 1 amide bonds. The number of aliphatic hydroxyl groups is 1. The molecule has 1 saturated heterocycles. The highest BCUT2D eigenvalue weighted by Crippen LogP contribution is 2.39. The van der Waals surface area contributed by atoms with Gasteiger partial charge in [-0.15, -0.1) is 10.2 Å². The third-order valence-electron chi connectivity index (χ3n) is 6.32. The number of benzene rings is 1. The van der Waals surface area contributed by atoms with Crippen LogP contribution < -0.4 is 5.32 Å². The molecule has 11 heteroatoms. The Kier molecular flexibility index (Phi) is 6.13. The Morgan fingerprint density at radius 1 is 1.14 bits per heavy atom. The zero-order valence-corrected chi connectivity index (χ0v) is 19.7. The van der Waals surface area contributed by atoms with Crippen molar-refractivity contribution in [1.82, 2.24) is 24.5 Å². The van der Waals surface area contributed by atoms with Crippen molar-refractivity contribution in [2.45, 2.75) is 38.6 Å². The molecule has 2 atom stereocenters. The van der Waals surface area contributed by atoms with Crippen molar-refractivity contribution in [3.05, 3.63) is 54.2 Å². The molecule has 5 rings (SSSR count). The van der Waals surface area contributed by atoms with Crippen LogP contribution in [0.25, 0.3) is 28.1 Å². The number of hydrogen-bond acceptors (Lipinski definition) is 6. The Balaban J connectivity index is 1.54. The highest BCUT2D eigenvalue weighted by Gasteiger charge is 2.46. The van der Waals surface area contributed by atoms with Crippen LogP contribution in [0.15, 0.2) is 48.7 Å². The van der Waals surface area contributed by atoms with E-state index < -0.39 is 18.3 Å². The number of alkyl halides is 3. The first-order chi connectivity index (χ1) is 17.1. The number of hydrogen-bond donors (Lipinski definition) is 2. The first kappa shape index (κ1) is 24.1. The molecule has 1 aromatic carbocycles. The smallest absolute Gasteiger partial charge is 0.392 e. The van der Waals surface area contributed by atoms with Gasteiger partial charge >= 0.3 is 6.18 Å². The zero-order chi connectivity index (χ0) is 25.6. The summed E-state index contributed by atoms with van der Waals surface area (Å²) in [5.74, 6) is -0.000124. The van der Waals surface area contributed by atoms with Gasteiger partial charge in [0.25, 0.3) is 0 Å². The molecule has 0 radical (unpaired) electrons. The third kappa shape index (κ3) is 4.63. The molecule has 8 nitrogen and oxygen atoms in total. The average molecular weight is 499 g/mol. The number of β-amino-alcohol motifs (C(OH)–C–C–N with tert-alkyl or cyclic N) is 1. The number of aromatic nitrogens is 4. The predicted molar refractivity (Wildman–Crippen MR) is 128 cm³/mol. The lowest BCUT2D eigenvalue weighted by molar-refractivity contribution is -0.184. The zero-order valence-electron chi connectivity index (χ0n) is 19.7. The molecule has 0 saturated carbocycles. The SMILES string of the molecule is CC(C)C(=O)Nc1ccc2ccc(-c3nnc4ccc(C(N5CCC(O)C5)C(F)(F)F)cn34)nc2c1. The summed E-state index contributed by atoms with van der Waals surface area (Å²) >= 11 is 0. The summed E-state index contributed by atoms with van der Waals surface area (Å²) in [4.78, 5) is 18.0. The van der Waals surface area contributed by atoms with E-state index in [1.165, 1.54) is 27.6 Å². The van der Waals surface area contributed by atoms with Crippen molar-refractivity contribution in [2.24, 2.45) is 5.92 Å². The van der Waals surface area contributed by atoms with Gasteiger partial charge in [-0.1, -0.05) is 32.0 Å². The molecule has 188 valence electrons. The molecule has 4 aromatic rings. The van der Waals surface area contributed by atoms with Crippen LogP contribution in [0, 0.1) is 5.92 Å².